The molecule has 0 spiro atoms. The van der Waals surface area contributed by atoms with Crippen LogP contribution in [0.1, 0.15) is 9.78 Å². The van der Waals surface area contributed by atoms with Gasteiger partial charge in [-0.3, -0.25) is 9.13 Å². The minimum absolute atomic E-state index is 0. The van der Waals surface area contributed by atoms with Crippen molar-refractivity contribution in [1.82, 2.24) is 0 Å². The van der Waals surface area contributed by atoms with Crippen molar-refractivity contribution >= 4 is 15.2 Å². The fraction of sp³-hybridized carbons (Fsp3) is 1.00. The van der Waals surface area contributed by atoms with Gasteiger partial charge in [0.25, 0.3) is 0 Å². The number of rotatable bonds is 3. The third-order valence-electron chi connectivity index (χ3n) is 1.08. The van der Waals surface area contributed by atoms with E-state index < -0.39 is 20.6 Å². The second kappa shape index (κ2) is 7.52. The van der Waals surface area contributed by atoms with Crippen LogP contribution >= 0.6 is 15.2 Å². The summed E-state index contributed by atoms with van der Waals surface area (Å²) in [4.78, 5) is 25.2. The fourth-order valence-electron chi connectivity index (χ4n) is 0.258. The molecule has 0 aromatic heterocycles. The van der Waals surface area contributed by atoms with Crippen LogP contribution in [-0.2, 0) is 13.8 Å². The van der Waals surface area contributed by atoms with Gasteiger partial charge in [0.05, 0.1) is 0 Å². The molecule has 2 atom stereocenters. The first-order chi connectivity index (χ1) is 4.72. The van der Waals surface area contributed by atoms with Crippen LogP contribution in [-0.4, -0.2) is 25.3 Å². The molecule has 2 unspecified atom stereocenters. The van der Waals surface area contributed by atoms with E-state index in [0.717, 1.165) is 6.92 Å². The van der Waals surface area contributed by atoms with Crippen LogP contribution < -0.4 is 59.1 Å². The Bertz CT molecular complexity index is 233. The second-order valence-corrected chi connectivity index (χ2v) is 6.29. The molecule has 0 saturated heterocycles. The second-order valence-electron chi connectivity index (χ2n) is 1.87. The quantitative estimate of drug-likeness (QED) is 0.171. The topological polar surface area (TPSA) is 124 Å². The van der Waals surface area contributed by atoms with Gasteiger partial charge in [0, 0.05) is 0 Å². The van der Waals surface area contributed by atoms with Gasteiger partial charge in [-0.25, -0.2) is 5.26 Å². The first-order valence-corrected chi connectivity index (χ1v) is 5.75. The Kier molecular flexibility index (Phi) is 11.9. The summed E-state index contributed by atoms with van der Waals surface area (Å²) in [6.07, 6.45) is 0. The minimum atomic E-state index is -4.69. The van der Waals surface area contributed by atoms with E-state index in [-0.39, 0.29) is 62.0 Å². The van der Waals surface area contributed by atoms with E-state index in [4.69, 9.17) is 19.9 Å². The zero-order valence-corrected chi connectivity index (χ0v) is 13.3. The molecule has 0 aliphatic heterocycles. The van der Waals surface area contributed by atoms with Gasteiger partial charge in [0.1, 0.15) is 0 Å². The van der Waals surface area contributed by atoms with Gasteiger partial charge in [-0.1, -0.05) is 0 Å². The summed E-state index contributed by atoms with van der Waals surface area (Å²) in [7, 11) is -9.29. The van der Waals surface area contributed by atoms with E-state index in [9.17, 15) is 9.13 Å². The molecule has 13 heavy (non-hydrogen) atoms. The molecule has 0 radical (unpaired) electrons. The zero-order valence-electron chi connectivity index (χ0n) is 9.49. The van der Waals surface area contributed by atoms with Gasteiger partial charge in [-0.2, -0.15) is 4.67 Å². The summed E-state index contributed by atoms with van der Waals surface area (Å²) in [5, 5.41) is 5.85. The average Bonchev–Trinajstić information content (AvgIpc) is 1.84. The predicted octanol–water partition coefficient (Wildman–Crippen LogP) is -5.58. The van der Waals surface area contributed by atoms with Crippen molar-refractivity contribution < 1.29 is 95.7 Å². The first-order valence-electron chi connectivity index (χ1n) is 2.42. The van der Waals surface area contributed by atoms with Crippen molar-refractivity contribution in [2.45, 2.75) is 12.3 Å². The Labute approximate surface area is 122 Å². The minimum Gasteiger partial charge on any atom is -1.00 e. The van der Waals surface area contributed by atoms with Crippen LogP contribution in [0, 0.1) is 0 Å². The van der Waals surface area contributed by atoms with Crippen LogP contribution in [0.25, 0.3) is 0 Å². The maximum atomic E-state index is 10.5. The molecule has 4 N–H and O–H groups in total. The Morgan fingerprint density at radius 1 is 1.23 bits per heavy atom. The predicted molar refractivity (Wildman–Crippen MR) is 37.3 cm³/mol. The molecule has 11 heteroatoms. The monoisotopic (exact) mass is 254 g/mol. The maximum Gasteiger partial charge on any atom is 1.00 e. The van der Waals surface area contributed by atoms with Gasteiger partial charge in [-0.15, -0.1) is 0 Å². The average molecular weight is 254 g/mol. The Hall–Kier alpha value is 2.26. The molecule has 0 fully saturated rings. The summed E-state index contributed by atoms with van der Waals surface area (Å²) in [5.74, 6) is 0. The SMILES string of the molecule is CC(P(=O)(O)O)P(=O)(O)OO.[H-].[H-].[Na+].[Na+]. The first kappa shape index (κ1) is 20.6. The van der Waals surface area contributed by atoms with Gasteiger partial charge in [0.2, 0.25) is 0 Å². The third kappa shape index (κ3) is 7.19. The molecule has 0 amide bonds. The van der Waals surface area contributed by atoms with E-state index >= 15 is 0 Å². The molecule has 0 bridgehead atoms. The van der Waals surface area contributed by atoms with Crippen molar-refractivity contribution in [2.75, 3.05) is 0 Å². The van der Waals surface area contributed by atoms with Gasteiger partial charge < -0.3 is 17.5 Å². The van der Waals surface area contributed by atoms with Crippen molar-refractivity contribution in [1.29, 1.82) is 0 Å². The van der Waals surface area contributed by atoms with E-state index in [1.54, 1.807) is 0 Å². The molecule has 72 valence electrons. The van der Waals surface area contributed by atoms with E-state index in [0.29, 0.717) is 0 Å². The summed E-state index contributed by atoms with van der Waals surface area (Å²) in [5.41, 5.74) is 0. The van der Waals surface area contributed by atoms with Crippen molar-refractivity contribution in [3.63, 3.8) is 0 Å². The number of hydrogen-bond acceptors (Lipinski definition) is 4. The molecule has 0 aliphatic carbocycles. The molecule has 0 aliphatic rings. The molecular formula is C2H10Na2O7P2. The Morgan fingerprint density at radius 2 is 1.54 bits per heavy atom. The van der Waals surface area contributed by atoms with E-state index in [1.165, 1.54) is 0 Å². The number of hydrogen-bond donors (Lipinski definition) is 4. The summed E-state index contributed by atoms with van der Waals surface area (Å²) < 4.78 is 23.9. The van der Waals surface area contributed by atoms with Crippen molar-refractivity contribution in [3.8, 4) is 0 Å². The van der Waals surface area contributed by atoms with Gasteiger partial charge in [0.15, 0.2) is 5.40 Å². The molecule has 0 rings (SSSR count). The van der Waals surface area contributed by atoms with E-state index in [1.807, 2.05) is 0 Å². The van der Waals surface area contributed by atoms with Crippen LogP contribution in [0.5, 0.6) is 0 Å². The molecule has 0 aromatic carbocycles. The van der Waals surface area contributed by atoms with Crippen molar-refractivity contribution in [3.05, 3.63) is 0 Å². The molecule has 0 saturated carbocycles. The summed E-state index contributed by atoms with van der Waals surface area (Å²) in [6.45, 7) is 0.803. The van der Waals surface area contributed by atoms with Crippen LogP contribution in [0.15, 0.2) is 0 Å². The Balaban J connectivity index is -0.0000000833. The zero-order chi connectivity index (χ0) is 9.28. The summed E-state index contributed by atoms with van der Waals surface area (Å²) in [6, 6.07) is 0. The van der Waals surface area contributed by atoms with Crippen LogP contribution in [0.4, 0.5) is 0 Å². The maximum absolute atomic E-state index is 10.5. The van der Waals surface area contributed by atoms with Gasteiger partial charge >= 0.3 is 74.3 Å². The molecule has 0 aromatic rings. The van der Waals surface area contributed by atoms with Crippen LogP contribution in [0.3, 0.4) is 0 Å². The molecular weight excluding hydrogens is 244 g/mol. The standard InChI is InChI=1S/C2H8O7P2.2Na.2H/c1-2(10(4,5)6)11(7,8)9-3;;;;/h2-3H,1H3,(H,7,8)(H2,4,5,6);;;;/q;2*+1;2*-1. The third-order valence-corrected chi connectivity index (χ3v) is 5.01. The van der Waals surface area contributed by atoms with Crippen molar-refractivity contribution in [2.24, 2.45) is 0 Å². The summed E-state index contributed by atoms with van der Waals surface area (Å²) >= 11 is 0. The normalized spacial score (nSPS) is 17.6. The Morgan fingerprint density at radius 3 is 1.62 bits per heavy atom. The van der Waals surface area contributed by atoms with Gasteiger partial charge in [-0.05, 0) is 6.92 Å². The smallest absolute Gasteiger partial charge is 1.00 e. The molecule has 0 heterocycles. The van der Waals surface area contributed by atoms with E-state index in [2.05, 4.69) is 4.67 Å². The largest absolute Gasteiger partial charge is 1.00 e. The van der Waals surface area contributed by atoms with Crippen LogP contribution in [0.2, 0.25) is 0 Å². The fourth-order valence-corrected chi connectivity index (χ4v) is 2.04. The molecule has 7 nitrogen and oxygen atoms in total.